The highest BCUT2D eigenvalue weighted by atomic mass is 16.3. The first-order valence-electron chi connectivity index (χ1n) is 5.05. The van der Waals surface area contributed by atoms with Gasteiger partial charge in [0.15, 0.2) is 0 Å². The molecule has 0 aliphatic heterocycles. The van der Waals surface area contributed by atoms with Gasteiger partial charge in [0, 0.05) is 17.4 Å². The van der Waals surface area contributed by atoms with Crippen molar-refractivity contribution in [2.24, 2.45) is 0 Å². The Hall–Kier alpha value is -1.94. The van der Waals surface area contributed by atoms with Crippen LogP contribution in [-0.2, 0) is 6.61 Å². The summed E-state index contributed by atoms with van der Waals surface area (Å²) in [4.78, 5) is 8.30. The lowest BCUT2D eigenvalue weighted by atomic mass is 10.3. The second kappa shape index (κ2) is 4.72. The predicted molar refractivity (Wildman–Crippen MR) is 62.4 cm³/mol. The highest BCUT2D eigenvalue weighted by Gasteiger charge is 2.04. The van der Waals surface area contributed by atoms with Crippen molar-refractivity contribution in [3.05, 3.63) is 47.9 Å². The van der Waals surface area contributed by atoms with Gasteiger partial charge in [-0.15, -0.1) is 0 Å². The van der Waals surface area contributed by atoms with E-state index in [0.29, 0.717) is 17.2 Å². The van der Waals surface area contributed by atoms with Crippen LogP contribution in [0.15, 0.2) is 36.5 Å². The quantitative estimate of drug-likeness (QED) is 0.822. The molecule has 2 aromatic rings. The van der Waals surface area contributed by atoms with E-state index in [1.165, 1.54) is 0 Å². The minimum Gasteiger partial charge on any atom is -0.391 e. The summed E-state index contributed by atoms with van der Waals surface area (Å²) < 4.78 is 0. The Morgan fingerprint density at radius 2 is 2.00 bits per heavy atom. The zero-order chi connectivity index (χ0) is 11.4. The molecule has 0 amide bonds. The summed E-state index contributed by atoms with van der Waals surface area (Å²) in [6, 6.07) is 9.71. The van der Waals surface area contributed by atoms with E-state index in [1.807, 2.05) is 37.3 Å². The van der Waals surface area contributed by atoms with Crippen molar-refractivity contribution in [3.63, 3.8) is 0 Å². The average molecular weight is 215 g/mol. The first-order chi connectivity index (χ1) is 7.79. The molecule has 0 fully saturated rings. The average Bonchev–Trinajstić information content (AvgIpc) is 2.31. The van der Waals surface area contributed by atoms with Crippen molar-refractivity contribution in [3.8, 4) is 0 Å². The van der Waals surface area contributed by atoms with Crippen molar-refractivity contribution in [2.45, 2.75) is 13.5 Å². The molecule has 82 valence electrons. The maximum absolute atomic E-state index is 9.17. The van der Waals surface area contributed by atoms with Crippen LogP contribution in [0.5, 0.6) is 0 Å². The number of aryl methyl sites for hydroxylation is 1. The summed E-state index contributed by atoms with van der Waals surface area (Å²) >= 11 is 0. The van der Waals surface area contributed by atoms with Crippen LogP contribution in [-0.4, -0.2) is 15.1 Å². The van der Waals surface area contributed by atoms with E-state index < -0.39 is 0 Å². The number of aromatic nitrogens is 2. The predicted octanol–water partition coefficient (Wildman–Crippen LogP) is 2.02. The highest BCUT2D eigenvalue weighted by Crippen LogP contribution is 2.17. The molecule has 2 N–H and O–H groups in total. The summed E-state index contributed by atoms with van der Waals surface area (Å²) in [5.74, 6) is 1.33. The molecule has 2 rings (SSSR count). The molecule has 4 nitrogen and oxygen atoms in total. The fourth-order valence-electron chi connectivity index (χ4n) is 1.38. The van der Waals surface area contributed by atoms with E-state index in [2.05, 4.69) is 15.3 Å². The second-order valence-electron chi connectivity index (χ2n) is 3.44. The molecule has 0 saturated carbocycles. The van der Waals surface area contributed by atoms with Crippen LogP contribution in [0.25, 0.3) is 0 Å². The van der Waals surface area contributed by atoms with E-state index in [1.54, 1.807) is 6.20 Å². The van der Waals surface area contributed by atoms with Crippen molar-refractivity contribution in [1.82, 2.24) is 9.97 Å². The minimum absolute atomic E-state index is 0.0740. The number of anilines is 2. The van der Waals surface area contributed by atoms with Crippen molar-refractivity contribution < 1.29 is 5.11 Å². The molecular weight excluding hydrogens is 202 g/mol. The lowest BCUT2D eigenvalue weighted by molar-refractivity contribution is 0.281. The lowest BCUT2D eigenvalue weighted by Gasteiger charge is -2.09. The zero-order valence-corrected chi connectivity index (χ0v) is 9.01. The number of aliphatic hydroxyl groups excluding tert-OH is 1. The topological polar surface area (TPSA) is 58.0 Å². The standard InChI is InChI=1S/C12H13N3O/c1-9-13-7-10(8-16)12(14-9)15-11-5-3-2-4-6-11/h2-7,16H,8H2,1H3,(H,13,14,15). The smallest absolute Gasteiger partial charge is 0.139 e. The van der Waals surface area contributed by atoms with Gasteiger partial charge in [-0.2, -0.15) is 0 Å². The van der Waals surface area contributed by atoms with Crippen LogP contribution in [0.2, 0.25) is 0 Å². The molecule has 0 atom stereocenters. The number of rotatable bonds is 3. The van der Waals surface area contributed by atoms with E-state index in [-0.39, 0.29) is 6.61 Å². The summed E-state index contributed by atoms with van der Waals surface area (Å²) in [6.45, 7) is 1.74. The Kier molecular flexibility index (Phi) is 3.12. The summed E-state index contributed by atoms with van der Waals surface area (Å²) in [5, 5.41) is 12.3. The molecule has 1 heterocycles. The molecule has 0 aliphatic carbocycles. The van der Waals surface area contributed by atoms with Crippen LogP contribution in [0.3, 0.4) is 0 Å². The molecule has 16 heavy (non-hydrogen) atoms. The Morgan fingerprint density at radius 3 is 2.69 bits per heavy atom. The molecule has 4 heteroatoms. The third-order valence-corrected chi connectivity index (χ3v) is 2.19. The number of para-hydroxylation sites is 1. The van der Waals surface area contributed by atoms with E-state index >= 15 is 0 Å². The Labute approximate surface area is 94.0 Å². The van der Waals surface area contributed by atoms with Gasteiger partial charge in [0.1, 0.15) is 11.6 Å². The van der Waals surface area contributed by atoms with Gasteiger partial charge in [-0.1, -0.05) is 18.2 Å². The van der Waals surface area contributed by atoms with Crippen molar-refractivity contribution in [1.29, 1.82) is 0 Å². The molecule has 0 saturated heterocycles. The zero-order valence-electron chi connectivity index (χ0n) is 9.01. The molecule has 0 unspecified atom stereocenters. The monoisotopic (exact) mass is 215 g/mol. The number of nitrogens with zero attached hydrogens (tertiary/aromatic N) is 2. The lowest BCUT2D eigenvalue weighted by Crippen LogP contribution is -2.02. The number of hydrogen-bond acceptors (Lipinski definition) is 4. The van der Waals surface area contributed by atoms with Crippen LogP contribution in [0, 0.1) is 6.92 Å². The van der Waals surface area contributed by atoms with Gasteiger partial charge in [0.05, 0.1) is 6.61 Å². The highest BCUT2D eigenvalue weighted by molar-refractivity contribution is 5.58. The molecule has 0 spiro atoms. The second-order valence-corrected chi connectivity index (χ2v) is 3.44. The summed E-state index contributed by atoms with van der Waals surface area (Å²) in [5.41, 5.74) is 1.63. The first-order valence-corrected chi connectivity index (χ1v) is 5.05. The van der Waals surface area contributed by atoms with Crippen LogP contribution >= 0.6 is 0 Å². The fraction of sp³-hybridized carbons (Fsp3) is 0.167. The first kappa shape index (κ1) is 10.6. The molecule has 1 aromatic carbocycles. The summed E-state index contributed by atoms with van der Waals surface area (Å²) in [6.07, 6.45) is 1.63. The third-order valence-electron chi connectivity index (χ3n) is 2.19. The van der Waals surface area contributed by atoms with Crippen LogP contribution in [0.4, 0.5) is 11.5 Å². The van der Waals surface area contributed by atoms with E-state index in [0.717, 1.165) is 5.69 Å². The van der Waals surface area contributed by atoms with Crippen molar-refractivity contribution in [2.75, 3.05) is 5.32 Å². The molecular formula is C12H13N3O. The fourth-order valence-corrected chi connectivity index (χ4v) is 1.38. The molecule has 0 aliphatic rings. The maximum atomic E-state index is 9.17. The third kappa shape index (κ3) is 2.35. The molecule has 0 bridgehead atoms. The Bertz CT molecular complexity index is 471. The maximum Gasteiger partial charge on any atom is 0.139 e. The van der Waals surface area contributed by atoms with Crippen LogP contribution in [0.1, 0.15) is 11.4 Å². The largest absolute Gasteiger partial charge is 0.391 e. The Balaban J connectivity index is 2.30. The van der Waals surface area contributed by atoms with Crippen LogP contribution < -0.4 is 5.32 Å². The van der Waals surface area contributed by atoms with Gasteiger partial charge < -0.3 is 10.4 Å². The van der Waals surface area contributed by atoms with Gasteiger partial charge in [0.25, 0.3) is 0 Å². The molecule has 0 radical (unpaired) electrons. The van der Waals surface area contributed by atoms with Gasteiger partial charge in [-0.25, -0.2) is 9.97 Å². The number of hydrogen-bond donors (Lipinski definition) is 2. The van der Waals surface area contributed by atoms with Gasteiger partial charge in [-0.3, -0.25) is 0 Å². The van der Waals surface area contributed by atoms with E-state index in [4.69, 9.17) is 5.11 Å². The van der Waals surface area contributed by atoms with Gasteiger partial charge in [-0.05, 0) is 19.1 Å². The number of nitrogens with one attached hydrogen (secondary N) is 1. The van der Waals surface area contributed by atoms with Gasteiger partial charge >= 0.3 is 0 Å². The van der Waals surface area contributed by atoms with Gasteiger partial charge in [0.2, 0.25) is 0 Å². The minimum atomic E-state index is -0.0740. The SMILES string of the molecule is Cc1ncc(CO)c(Nc2ccccc2)n1. The summed E-state index contributed by atoms with van der Waals surface area (Å²) in [7, 11) is 0. The van der Waals surface area contributed by atoms with Crippen molar-refractivity contribution >= 4 is 11.5 Å². The normalized spacial score (nSPS) is 10.1. The number of benzene rings is 1. The Morgan fingerprint density at radius 1 is 1.25 bits per heavy atom. The van der Waals surface area contributed by atoms with E-state index in [9.17, 15) is 0 Å². The molecule has 1 aromatic heterocycles. The number of aliphatic hydroxyl groups is 1.